The maximum Gasteiger partial charge on any atom is 0.170 e. The molecule has 0 aliphatic carbocycles. The van der Waals surface area contributed by atoms with Gasteiger partial charge in [0.2, 0.25) is 0 Å². The fourth-order valence-electron chi connectivity index (χ4n) is 4.34. The van der Waals surface area contributed by atoms with Crippen molar-refractivity contribution in [1.29, 1.82) is 0 Å². The average molecular weight is 429 g/mol. The van der Waals surface area contributed by atoms with Crippen LogP contribution in [0.1, 0.15) is 39.5 Å². The Kier molecular flexibility index (Phi) is 5.21. The van der Waals surface area contributed by atoms with Gasteiger partial charge in [0.25, 0.3) is 0 Å². The Bertz CT molecular complexity index is 1260. The van der Waals surface area contributed by atoms with E-state index in [0.29, 0.717) is 6.54 Å². The van der Waals surface area contributed by atoms with Crippen molar-refractivity contribution in [2.24, 2.45) is 0 Å². The molecule has 0 unspecified atom stereocenters. The fraction of sp³-hybridized carbons (Fsp3) is 0.269. The Morgan fingerprint density at radius 1 is 0.969 bits per heavy atom. The monoisotopic (exact) mass is 428 g/mol. The van der Waals surface area contributed by atoms with Crippen LogP contribution in [-0.4, -0.2) is 21.7 Å². The molecule has 1 aliphatic heterocycles. The molecule has 6 heteroatoms. The lowest BCUT2D eigenvalue weighted by Gasteiger charge is -2.29. The number of hydrogen-bond acceptors (Lipinski definition) is 5. The minimum Gasteiger partial charge on any atom is -0.356 e. The summed E-state index contributed by atoms with van der Waals surface area (Å²) in [5.41, 5.74) is 7.49. The number of halogens is 1. The van der Waals surface area contributed by atoms with E-state index in [-0.39, 0.29) is 5.82 Å². The predicted octanol–water partition coefficient (Wildman–Crippen LogP) is 5.35. The normalized spacial score (nSPS) is 13.3. The molecule has 3 heterocycles. The van der Waals surface area contributed by atoms with Crippen molar-refractivity contribution in [3.8, 4) is 11.3 Å². The number of aromatic nitrogens is 3. The lowest BCUT2D eigenvalue weighted by Crippen LogP contribution is -2.32. The van der Waals surface area contributed by atoms with Crippen LogP contribution in [0.2, 0.25) is 0 Å². The molecule has 0 saturated carbocycles. The number of anilines is 1. The molecule has 0 N–H and O–H groups in total. The number of benzene rings is 2. The van der Waals surface area contributed by atoms with Crippen molar-refractivity contribution in [3.05, 3.63) is 93.8 Å². The molecule has 5 nitrogen and oxygen atoms in total. The molecule has 0 amide bonds. The minimum absolute atomic E-state index is 0.260. The quantitative estimate of drug-likeness (QED) is 0.439. The van der Waals surface area contributed by atoms with Crippen LogP contribution in [-0.2, 0) is 19.4 Å². The zero-order valence-corrected chi connectivity index (χ0v) is 18.5. The van der Waals surface area contributed by atoms with Gasteiger partial charge in [-0.1, -0.05) is 35.0 Å². The zero-order valence-electron chi connectivity index (χ0n) is 18.5. The van der Waals surface area contributed by atoms with Crippen molar-refractivity contribution in [3.63, 3.8) is 0 Å². The third-order valence-electron chi connectivity index (χ3n) is 6.05. The first kappa shape index (κ1) is 20.4. The molecule has 1 aliphatic rings. The number of aryl methyl sites for hydroxylation is 3. The van der Waals surface area contributed by atoms with Gasteiger partial charge in [-0.15, -0.1) is 0 Å². The molecule has 0 radical (unpaired) electrons. The molecule has 0 fully saturated rings. The molecule has 2 aromatic carbocycles. The van der Waals surface area contributed by atoms with Gasteiger partial charge in [0, 0.05) is 35.3 Å². The van der Waals surface area contributed by atoms with Gasteiger partial charge in [0.1, 0.15) is 23.2 Å². The van der Waals surface area contributed by atoms with Gasteiger partial charge in [-0.2, -0.15) is 0 Å². The average Bonchev–Trinajstić information content (AvgIpc) is 3.20. The Morgan fingerprint density at radius 3 is 2.47 bits per heavy atom. The van der Waals surface area contributed by atoms with Gasteiger partial charge in [-0.25, -0.2) is 14.4 Å². The van der Waals surface area contributed by atoms with E-state index in [9.17, 15) is 4.39 Å². The third-order valence-corrected chi connectivity index (χ3v) is 6.05. The van der Waals surface area contributed by atoms with Crippen LogP contribution >= 0.6 is 0 Å². The number of rotatable bonds is 4. The van der Waals surface area contributed by atoms with Gasteiger partial charge in [-0.3, -0.25) is 0 Å². The maximum absolute atomic E-state index is 13.3. The second-order valence-electron chi connectivity index (χ2n) is 8.44. The number of nitrogens with zero attached hydrogens (tertiary/aromatic N) is 4. The van der Waals surface area contributed by atoms with Gasteiger partial charge < -0.3 is 9.42 Å². The molecule has 162 valence electrons. The summed E-state index contributed by atoms with van der Waals surface area (Å²) in [7, 11) is 0. The van der Waals surface area contributed by atoms with Crippen LogP contribution in [0.15, 0.2) is 53.1 Å². The molecule has 5 rings (SSSR count). The van der Waals surface area contributed by atoms with E-state index in [2.05, 4.69) is 53.2 Å². The summed E-state index contributed by atoms with van der Waals surface area (Å²) in [6.45, 7) is 7.51. The van der Waals surface area contributed by atoms with Crippen molar-refractivity contribution in [2.45, 2.75) is 40.2 Å². The second kappa shape index (κ2) is 8.19. The van der Waals surface area contributed by atoms with E-state index >= 15 is 0 Å². The topological polar surface area (TPSA) is 55.1 Å². The van der Waals surface area contributed by atoms with E-state index in [1.54, 1.807) is 12.1 Å². The minimum atomic E-state index is -0.260. The Hall–Kier alpha value is -3.54. The van der Waals surface area contributed by atoms with Gasteiger partial charge in [0.05, 0.1) is 6.54 Å². The molecular weight excluding hydrogens is 403 g/mol. The van der Waals surface area contributed by atoms with Gasteiger partial charge in [-0.05, 0) is 57.0 Å². The van der Waals surface area contributed by atoms with Crippen LogP contribution in [0, 0.1) is 26.6 Å². The lowest BCUT2D eigenvalue weighted by molar-refractivity contribution is 0.423. The summed E-state index contributed by atoms with van der Waals surface area (Å²) in [5.74, 6) is 2.20. The van der Waals surface area contributed by atoms with E-state index in [0.717, 1.165) is 64.9 Å². The molecule has 2 aromatic heterocycles. The number of hydrogen-bond donors (Lipinski definition) is 0. The molecule has 0 saturated heterocycles. The number of fused-ring (bicyclic) bond motifs is 1. The van der Waals surface area contributed by atoms with Crippen LogP contribution in [0.3, 0.4) is 0 Å². The molecule has 4 aromatic rings. The van der Waals surface area contributed by atoms with Gasteiger partial charge >= 0.3 is 0 Å². The summed E-state index contributed by atoms with van der Waals surface area (Å²) in [5, 5.41) is 4.35. The lowest BCUT2D eigenvalue weighted by atomic mass is 9.99. The summed E-state index contributed by atoms with van der Waals surface area (Å²) >= 11 is 0. The summed E-state index contributed by atoms with van der Waals surface area (Å²) in [6, 6.07) is 15.0. The van der Waals surface area contributed by atoms with Crippen molar-refractivity contribution in [2.75, 3.05) is 11.4 Å². The van der Waals surface area contributed by atoms with Gasteiger partial charge in [0.15, 0.2) is 5.76 Å². The SMILES string of the molecule is Cc1ccc(Cc2c(C)nc(C)nc2N2CCc3c(noc3-c3ccc(F)cc3)C2)cc1. The van der Waals surface area contributed by atoms with Crippen molar-refractivity contribution >= 4 is 5.82 Å². The first-order valence-corrected chi connectivity index (χ1v) is 10.9. The highest BCUT2D eigenvalue weighted by Crippen LogP contribution is 2.33. The fourth-order valence-corrected chi connectivity index (χ4v) is 4.34. The van der Waals surface area contributed by atoms with Crippen LogP contribution in [0.25, 0.3) is 11.3 Å². The van der Waals surface area contributed by atoms with Crippen molar-refractivity contribution < 1.29 is 8.91 Å². The highest BCUT2D eigenvalue weighted by molar-refractivity contribution is 5.63. The van der Waals surface area contributed by atoms with Crippen LogP contribution in [0.5, 0.6) is 0 Å². The van der Waals surface area contributed by atoms with Crippen LogP contribution < -0.4 is 4.90 Å². The van der Waals surface area contributed by atoms with E-state index in [1.165, 1.54) is 23.3 Å². The summed E-state index contributed by atoms with van der Waals surface area (Å²) in [6.07, 6.45) is 1.57. The molecule has 0 spiro atoms. The molecule has 0 atom stereocenters. The van der Waals surface area contributed by atoms with E-state index in [4.69, 9.17) is 9.51 Å². The molecular formula is C26H25FN4O. The summed E-state index contributed by atoms with van der Waals surface area (Å²) < 4.78 is 19.0. The standard InChI is InChI=1S/C26H25FN4O/c1-16-4-6-19(7-5-16)14-23-17(2)28-18(3)29-26(23)31-13-12-22-24(15-31)30-32-25(22)20-8-10-21(27)11-9-20/h4-11H,12-15H2,1-3H3. The second-order valence-corrected chi connectivity index (χ2v) is 8.44. The highest BCUT2D eigenvalue weighted by atomic mass is 19.1. The van der Waals surface area contributed by atoms with E-state index in [1.807, 2.05) is 6.92 Å². The first-order chi connectivity index (χ1) is 15.5. The first-order valence-electron chi connectivity index (χ1n) is 10.9. The predicted molar refractivity (Wildman–Crippen MR) is 122 cm³/mol. The Balaban J connectivity index is 1.46. The van der Waals surface area contributed by atoms with Crippen molar-refractivity contribution in [1.82, 2.24) is 15.1 Å². The molecule has 0 bridgehead atoms. The Morgan fingerprint density at radius 2 is 1.72 bits per heavy atom. The largest absolute Gasteiger partial charge is 0.356 e. The zero-order chi connectivity index (χ0) is 22.2. The highest BCUT2D eigenvalue weighted by Gasteiger charge is 2.27. The smallest absolute Gasteiger partial charge is 0.170 e. The third kappa shape index (κ3) is 3.88. The Labute approximate surface area is 186 Å². The maximum atomic E-state index is 13.3. The van der Waals surface area contributed by atoms with E-state index < -0.39 is 0 Å². The molecule has 32 heavy (non-hydrogen) atoms. The van der Waals surface area contributed by atoms with Crippen LogP contribution in [0.4, 0.5) is 10.2 Å². The summed E-state index contributed by atoms with van der Waals surface area (Å²) in [4.78, 5) is 11.7.